The molecule has 4 rings (SSSR count). The van der Waals surface area contributed by atoms with Crippen molar-refractivity contribution in [3.8, 4) is 5.75 Å². The highest BCUT2D eigenvalue weighted by atomic mass is 16.5. The molecule has 1 aromatic carbocycles. The number of fused-ring (bicyclic) bond motifs is 1. The molecule has 180 valence electrons. The molecule has 2 heterocycles. The number of benzene rings is 1. The molecule has 32 heavy (non-hydrogen) atoms. The van der Waals surface area contributed by atoms with Crippen LogP contribution in [0.1, 0.15) is 44.1 Å². The molecule has 2 saturated heterocycles. The number of carboxylic acid groups (broad SMARTS) is 2. The summed E-state index contributed by atoms with van der Waals surface area (Å²) in [5, 5.41) is 23.6. The lowest BCUT2D eigenvalue weighted by Crippen LogP contribution is -2.31. The van der Waals surface area contributed by atoms with Gasteiger partial charge in [0, 0.05) is 31.7 Å². The molecule has 3 fully saturated rings. The van der Waals surface area contributed by atoms with Crippen LogP contribution >= 0.6 is 0 Å². The van der Waals surface area contributed by atoms with Gasteiger partial charge in [-0.25, -0.2) is 0 Å². The molecular weight excluding hydrogens is 412 g/mol. The Labute approximate surface area is 190 Å². The quantitative estimate of drug-likeness (QED) is 0.429. The number of aliphatic hydroxyl groups is 1. The lowest BCUT2D eigenvalue weighted by molar-refractivity contribution is -0.123. The van der Waals surface area contributed by atoms with E-state index in [-0.39, 0.29) is 19.0 Å². The third kappa shape index (κ3) is 8.76. The Morgan fingerprint density at radius 2 is 1.53 bits per heavy atom. The monoisotopic (exact) mass is 450 g/mol. The zero-order valence-corrected chi connectivity index (χ0v) is 18.8. The normalized spacial score (nSPS) is 25.0. The fourth-order valence-corrected chi connectivity index (χ4v) is 5.16. The van der Waals surface area contributed by atoms with E-state index in [0.717, 1.165) is 51.3 Å². The van der Waals surface area contributed by atoms with Crippen molar-refractivity contribution in [1.82, 2.24) is 9.80 Å². The van der Waals surface area contributed by atoms with E-state index in [1.165, 1.54) is 44.5 Å². The molecule has 3 atom stereocenters. The first-order valence-corrected chi connectivity index (χ1v) is 11.6. The van der Waals surface area contributed by atoms with Crippen molar-refractivity contribution >= 4 is 12.9 Å². The van der Waals surface area contributed by atoms with Gasteiger partial charge in [0.1, 0.15) is 5.75 Å². The summed E-state index contributed by atoms with van der Waals surface area (Å²) in [6.07, 6.45) is 7.17. The predicted octanol–water partition coefficient (Wildman–Crippen LogP) is 2.55. The first-order chi connectivity index (χ1) is 15.6. The molecule has 2 aliphatic heterocycles. The van der Waals surface area contributed by atoms with E-state index in [9.17, 15) is 5.11 Å². The summed E-state index contributed by atoms with van der Waals surface area (Å²) in [5.41, 5.74) is 1.31. The second-order valence-electron chi connectivity index (χ2n) is 8.76. The third-order valence-corrected chi connectivity index (χ3v) is 6.49. The van der Waals surface area contributed by atoms with Gasteiger partial charge in [-0.3, -0.25) is 14.5 Å². The highest BCUT2D eigenvalue weighted by molar-refractivity contribution is 5.33. The van der Waals surface area contributed by atoms with Crippen molar-refractivity contribution in [2.75, 3.05) is 39.3 Å². The maximum atomic E-state index is 9.83. The minimum Gasteiger partial charge on any atom is -0.493 e. The number of ether oxygens (including phenoxy) is 1. The number of likely N-dealkylation sites (tertiary alicyclic amines) is 2. The number of rotatable bonds is 7. The number of hydrogen-bond acceptors (Lipinski definition) is 6. The van der Waals surface area contributed by atoms with Gasteiger partial charge in [0.05, 0.1) is 12.7 Å². The Morgan fingerprint density at radius 1 is 0.938 bits per heavy atom. The lowest BCUT2D eigenvalue weighted by Gasteiger charge is -2.26. The van der Waals surface area contributed by atoms with Crippen molar-refractivity contribution in [2.45, 2.75) is 51.2 Å². The molecular formula is C24H38N2O6. The first-order valence-electron chi connectivity index (χ1n) is 11.6. The molecule has 8 heteroatoms. The van der Waals surface area contributed by atoms with Crippen LogP contribution in [-0.4, -0.2) is 83.5 Å². The number of para-hydroxylation sites is 1. The molecule has 8 nitrogen and oxygen atoms in total. The minimum atomic E-state index is -0.250. The van der Waals surface area contributed by atoms with Gasteiger partial charge in [-0.05, 0) is 63.1 Å². The number of aliphatic hydroxyl groups excluding tert-OH is 1. The fraction of sp³-hybridized carbons (Fsp3) is 0.667. The zero-order valence-electron chi connectivity index (χ0n) is 18.8. The minimum absolute atomic E-state index is 0.0531. The summed E-state index contributed by atoms with van der Waals surface area (Å²) in [7, 11) is 0. The molecule has 0 amide bonds. The van der Waals surface area contributed by atoms with Crippen LogP contribution in [0, 0.1) is 11.8 Å². The molecule has 0 aromatic heterocycles. The van der Waals surface area contributed by atoms with Crippen LogP contribution in [0.2, 0.25) is 0 Å². The van der Waals surface area contributed by atoms with E-state index in [1.54, 1.807) is 0 Å². The number of carbonyl (C=O) groups is 2. The van der Waals surface area contributed by atoms with Gasteiger partial charge in [0.15, 0.2) is 0 Å². The van der Waals surface area contributed by atoms with E-state index in [0.29, 0.717) is 11.8 Å². The van der Waals surface area contributed by atoms with E-state index < -0.39 is 0 Å². The van der Waals surface area contributed by atoms with E-state index in [4.69, 9.17) is 24.5 Å². The van der Waals surface area contributed by atoms with Gasteiger partial charge in [0.25, 0.3) is 12.9 Å². The van der Waals surface area contributed by atoms with Gasteiger partial charge < -0.3 is 25.0 Å². The van der Waals surface area contributed by atoms with Crippen LogP contribution in [-0.2, 0) is 16.1 Å². The molecule has 1 saturated carbocycles. The number of piperidine rings is 1. The van der Waals surface area contributed by atoms with E-state index in [2.05, 4.69) is 34.1 Å². The summed E-state index contributed by atoms with van der Waals surface area (Å²) in [4.78, 5) is 21.9. The largest absolute Gasteiger partial charge is 0.493 e. The summed E-state index contributed by atoms with van der Waals surface area (Å²) in [6.45, 7) is 7.25. The van der Waals surface area contributed by atoms with Gasteiger partial charge >= 0.3 is 0 Å². The fourth-order valence-electron chi connectivity index (χ4n) is 5.16. The smallest absolute Gasteiger partial charge is 0.290 e. The Kier molecular flexibility index (Phi) is 12.1. The van der Waals surface area contributed by atoms with Gasteiger partial charge in [-0.2, -0.15) is 0 Å². The van der Waals surface area contributed by atoms with Gasteiger partial charge in [0.2, 0.25) is 0 Å². The Hall–Kier alpha value is -2.16. The molecule has 1 aromatic rings. The van der Waals surface area contributed by atoms with Gasteiger partial charge in [-0.15, -0.1) is 0 Å². The topological polar surface area (TPSA) is 111 Å². The van der Waals surface area contributed by atoms with Crippen molar-refractivity contribution in [3.63, 3.8) is 0 Å². The molecule has 1 aliphatic carbocycles. The average molecular weight is 451 g/mol. The second-order valence-corrected chi connectivity index (χ2v) is 8.76. The molecule has 3 N–H and O–H groups in total. The van der Waals surface area contributed by atoms with E-state index >= 15 is 0 Å². The van der Waals surface area contributed by atoms with Crippen LogP contribution in [0.15, 0.2) is 24.3 Å². The Bertz CT molecular complexity index is 648. The molecule has 0 spiro atoms. The lowest BCUT2D eigenvalue weighted by atomic mass is 10.0. The second kappa shape index (κ2) is 14.8. The predicted molar refractivity (Wildman–Crippen MR) is 122 cm³/mol. The van der Waals surface area contributed by atoms with Crippen LogP contribution in [0.4, 0.5) is 0 Å². The molecule has 1 unspecified atom stereocenters. The van der Waals surface area contributed by atoms with Crippen LogP contribution < -0.4 is 4.74 Å². The third-order valence-electron chi connectivity index (χ3n) is 6.49. The summed E-state index contributed by atoms with van der Waals surface area (Å²) in [6, 6.07) is 8.54. The van der Waals surface area contributed by atoms with Crippen molar-refractivity contribution < 1.29 is 29.6 Å². The molecule has 0 bridgehead atoms. The zero-order chi connectivity index (χ0) is 23.2. The van der Waals surface area contributed by atoms with Crippen molar-refractivity contribution in [2.24, 2.45) is 11.8 Å². The standard InChI is InChI=1S/C22H34N2O2.2CH2O2/c25-21-13-19-16-24(17-20(19)14-21)15-18-7-2-3-8-22(18)26-12-6-11-23-9-4-1-5-10-23;2*2-1-3/h2-3,7-8,19-21,25H,1,4-6,9-17H2;2*1H,(H,2,3)/t19-,20+,21?;;. The molecule has 3 aliphatic rings. The SMILES string of the molecule is O=CO.O=CO.OC1C[C@@H]2CN(Cc3ccccc3OCCCN3CCCCC3)C[C@@H]2C1. The maximum absolute atomic E-state index is 9.83. The van der Waals surface area contributed by atoms with E-state index in [1.807, 2.05) is 0 Å². The summed E-state index contributed by atoms with van der Waals surface area (Å²) >= 11 is 0. The van der Waals surface area contributed by atoms with Gasteiger partial charge in [-0.1, -0.05) is 24.6 Å². The van der Waals surface area contributed by atoms with Crippen LogP contribution in [0.5, 0.6) is 5.75 Å². The Morgan fingerprint density at radius 3 is 2.16 bits per heavy atom. The van der Waals surface area contributed by atoms with Crippen LogP contribution in [0.25, 0.3) is 0 Å². The van der Waals surface area contributed by atoms with Crippen molar-refractivity contribution in [1.29, 1.82) is 0 Å². The number of hydrogen-bond donors (Lipinski definition) is 3. The first kappa shape index (κ1) is 26.1. The highest BCUT2D eigenvalue weighted by Gasteiger charge is 2.40. The average Bonchev–Trinajstić information content (AvgIpc) is 3.31. The van der Waals surface area contributed by atoms with Crippen LogP contribution in [0.3, 0.4) is 0 Å². The summed E-state index contributed by atoms with van der Waals surface area (Å²) in [5.74, 6) is 2.45. The molecule has 0 radical (unpaired) electrons. The maximum Gasteiger partial charge on any atom is 0.290 e. The highest BCUT2D eigenvalue weighted by Crippen LogP contribution is 2.38. The summed E-state index contributed by atoms with van der Waals surface area (Å²) < 4.78 is 6.16. The Balaban J connectivity index is 0.000000547. The van der Waals surface area contributed by atoms with Crippen molar-refractivity contribution in [3.05, 3.63) is 29.8 Å². The number of nitrogens with zero attached hydrogens (tertiary/aromatic N) is 2.